The van der Waals surface area contributed by atoms with Gasteiger partial charge in [-0.05, 0) is 30.5 Å². The van der Waals surface area contributed by atoms with Crippen molar-refractivity contribution in [3.8, 4) is 5.75 Å². The summed E-state index contributed by atoms with van der Waals surface area (Å²) in [7, 11) is 0. The molecule has 0 saturated heterocycles. The van der Waals surface area contributed by atoms with Crippen molar-refractivity contribution in [2.24, 2.45) is 0 Å². The smallest absolute Gasteiger partial charge is 0.119 e. The van der Waals surface area contributed by atoms with Gasteiger partial charge in [-0.2, -0.15) is 0 Å². The molecule has 0 bridgehead atoms. The molecule has 0 aliphatic carbocycles. The molecule has 1 N–H and O–H groups in total. The number of hydrogen-bond acceptors (Lipinski definition) is 3. The Morgan fingerprint density at radius 2 is 1.72 bits per heavy atom. The van der Waals surface area contributed by atoms with Crippen LogP contribution in [0.5, 0.6) is 5.75 Å². The van der Waals surface area contributed by atoms with Crippen molar-refractivity contribution >= 4 is 17.4 Å². The Morgan fingerprint density at radius 1 is 1.00 bits per heavy atom. The van der Waals surface area contributed by atoms with Crippen LogP contribution in [0, 0.1) is 0 Å². The van der Waals surface area contributed by atoms with Gasteiger partial charge in [0.1, 0.15) is 12.4 Å². The van der Waals surface area contributed by atoms with Gasteiger partial charge in [0, 0.05) is 17.1 Å². The van der Waals surface area contributed by atoms with E-state index in [-0.39, 0.29) is 0 Å². The minimum absolute atomic E-state index is 0.659. The molecule has 0 fully saturated rings. The van der Waals surface area contributed by atoms with Gasteiger partial charge in [0.25, 0.3) is 0 Å². The molecule has 0 aromatic heterocycles. The number of anilines is 1. The van der Waals surface area contributed by atoms with Gasteiger partial charge in [-0.25, -0.2) is 0 Å². The third kappa shape index (κ3) is 3.70. The number of benzene rings is 2. The molecule has 0 aliphatic heterocycles. The first kappa shape index (κ1) is 12.8. The highest BCUT2D eigenvalue weighted by molar-refractivity contribution is 7.98. The molecule has 2 rings (SSSR count). The molecule has 0 aliphatic rings. The van der Waals surface area contributed by atoms with Gasteiger partial charge in [-0.15, -0.1) is 11.8 Å². The van der Waals surface area contributed by atoms with Crippen LogP contribution in [-0.2, 0) is 0 Å². The Morgan fingerprint density at radius 3 is 2.50 bits per heavy atom. The van der Waals surface area contributed by atoms with Crippen LogP contribution in [-0.4, -0.2) is 19.4 Å². The zero-order chi connectivity index (χ0) is 12.6. The maximum Gasteiger partial charge on any atom is 0.119 e. The van der Waals surface area contributed by atoms with Gasteiger partial charge in [0.05, 0.1) is 0 Å². The molecule has 0 saturated carbocycles. The summed E-state index contributed by atoms with van der Waals surface area (Å²) in [6.07, 6.45) is 2.08. The standard InChI is InChI=1S/C15H17NOS/c1-18-15-10-6-5-9-14(15)16-11-12-17-13-7-3-2-4-8-13/h2-10,16H,11-12H2,1H3. The van der Waals surface area contributed by atoms with Crippen LogP contribution in [0.1, 0.15) is 0 Å². The van der Waals surface area contributed by atoms with Crippen molar-refractivity contribution in [3.63, 3.8) is 0 Å². The lowest BCUT2D eigenvalue weighted by Crippen LogP contribution is -2.11. The maximum absolute atomic E-state index is 5.63. The largest absolute Gasteiger partial charge is 0.492 e. The number of nitrogens with one attached hydrogen (secondary N) is 1. The van der Waals surface area contributed by atoms with E-state index in [0.717, 1.165) is 12.3 Å². The minimum Gasteiger partial charge on any atom is -0.492 e. The summed E-state index contributed by atoms with van der Waals surface area (Å²) in [5.41, 5.74) is 1.17. The van der Waals surface area contributed by atoms with Crippen molar-refractivity contribution in [2.75, 3.05) is 24.7 Å². The number of thioether (sulfide) groups is 1. The molecule has 0 unspecified atom stereocenters. The van der Waals surface area contributed by atoms with E-state index >= 15 is 0 Å². The first-order chi connectivity index (χ1) is 8.90. The second-order valence-corrected chi connectivity index (χ2v) is 4.64. The molecule has 2 nitrogen and oxygen atoms in total. The summed E-state index contributed by atoms with van der Waals surface area (Å²) in [6.45, 7) is 1.46. The summed E-state index contributed by atoms with van der Waals surface area (Å²) < 4.78 is 5.63. The van der Waals surface area contributed by atoms with E-state index in [1.807, 2.05) is 36.4 Å². The lowest BCUT2D eigenvalue weighted by Gasteiger charge is -2.11. The third-order valence-corrected chi connectivity index (χ3v) is 3.33. The van der Waals surface area contributed by atoms with Gasteiger partial charge >= 0.3 is 0 Å². The highest BCUT2D eigenvalue weighted by Crippen LogP contribution is 2.24. The molecule has 0 amide bonds. The molecule has 0 radical (unpaired) electrons. The third-order valence-electron chi connectivity index (χ3n) is 2.54. The predicted molar refractivity (Wildman–Crippen MR) is 78.6 cm³/mol. The molecule has 3 heteroatoms. The molecule has 0 atom stereocenters. The Hall–Kier alpha value is -1.61. The van der Waals surface area contributed by atoms with Crippen molar-refractivity contribution in [1.29, 1.82) is 0 Å². The Bertz CT molecular complexity index is 473. The Labute approximate surface area is 112 Å². The average molecular weight is 259 g/mol. The van der Waals surface area contributed by atoms with Gasteiger partial charge in [-0.3, -0.25) is 0 Å². The molecular weight excluding hydrogens is 242 g/mol. The topological polar surface area (TPSA) is 21.3 Å². The van der Waals surface area contributed by atoms with E-state index in [2.05, 4.69) is 29.8 Å². The minimum atomic E-state index is 0.659. The normalized spacial score (nSPS) is 10.1. The van der Waals surface area contributed by atoms with E-state index in [9.17, 15) is 0 Å². The number of hydrogen-bond donors (Lipinski definition) is 1. The zero-order valence-corrected chi connectivity index (χ0v) is 11.2. The monoisotopic (exact) mass is 259 g/mol. The van der Waals surface area contributed by atoms with Crippen LogP contribution in [0.2, 0.25) is 0 Å². The molecule has 2 aromatic carbocycles. The fourth-order valence-electron chi connectivity index (χ4n) is 1.66. The highest BCUT2D eigenvalue weighted by Gasteiger charge is 1.99. The fraction of sp³-hybridized carbons (Fsp3) is 0.200. The van der Waals surface area contributed by atoms with Crippen LogP contribution in [0.25, 0.3) is 0 Å². The molecule has 0 heterocycles. The first-order valence-corrected chi connectivity index (χ1v) is 7.17. The number of para-hydroxylation sites is 2. The molecular formula is C15H17NOS. The lowest BCUT2D eigenvalue weighted by atomic mass is 10.3. The highest BCUT2D eigenvalue weighted by atomic mass is 32.2. The fourth-order valence-corrected chi connectivity index (χ4v) is 2.24. The van der Waals surface area contributed by atoms with Crippen LogP contribution < -0.4 is 10.1 Å². The van der Waals surface area contributed by atoms with Crippen molar-refractivity contribution in [1.82, 2.24) is 0 Å². The second-order valence-electron chi connectivity index (χ2n) is 3.79. The van der Waals surface area contributed by atoms with Crippen LogP contribution in [0.3, 0.4) is 0 Å². The van der Waals surface area contributed by atoms with Gasteiger partial charge in [0.2, 0.25) is 0 Å². The number of rotatable bonds is 6. The first-order valence-electron chi connectivity index (χ1n) is 5.95. The average Bonchev–Trinajstić information content (AvgIpc) is 2.45. The Kier molecular flexibility index (Phi) is 4.97. The summed E-state index contributed by atoms with van der Waals surface area (Å²) >= 11 is 1.75. The SMILES string of the molecule is CSc1ccccc1NCCOc1ccccc1. The number of ether oxygens (including phenoxy) is 1. The van der Waals surface area contributed by atoms with Crippen molar-refractivity contribution < 1.29 is 4.74 Å². The molecule has 2 aromatic rings. The summed E-state index contributed by atoms with van der Waals surface area (Å²) in [4.78, 5) is 1.26. The summed E-state index contributed by atoms with van der Waals surface area (Å²) in [5, 5.41) is 3.39. The molecule has 0 spiro atoms. The van der Waals surface area contributed by atoms with Gasteiger partial charge in [0.15, 0.2) is 0 Å². The van der Waals surface area contributed by atoms with E-state index in [4.69, 9.17) is 4.74 Å². The lowest BCUT2D eigenvalue weighted by molar-refractivity contribution is 0.333. The van der Waals surface area contributed by atoms with Crippen molar-refractivity contribution in [3.05, 3.63) is 54.6 Å². The second kappa shape index (κ2) is 6.97. The van der Waals surface area contributed by atoms with Crippen LogP contribution in [0.4, 0.5) is 5.69 Å². The Balaban J connectivity index is 1.78. The van der Waals surface area contributed by atoms with Gasteiger partial charge in [-0.1, -0.05) is 30.3 Å². The predicted octanol–water partition coefficient (Wildman–Crippen LogP) is 3.90. The summed E-state index contributed by atoms with van der Waals surface area (Å²) in [6, 6.07) is 18.2. The van der Waals surface area contributed by atoms with Crippen LogP contribution in [0.15, 0.2) is 59.5 Å². The van der Waals surface area contributed by atoms with E-state index in [1.165, 1.54) is 10.6 Å². The zero-order valence-electron chi connectivity index (χ0n) is 10.4. The molecule has 18 heavy (non-hydrogen) atoms. The van der Waals surface area contributed by atoms with E-state index in [0.29, 0.717) is 6.61 Å². The summed E-state index contributed by atoms with van der Waals surface area (Å²) in [5.74, 6) is 0.914. The molecule has 94 valence electrons. The van der Waals surface area contributed by atoms with Crippen molar-refractivity contribution in [2.45, 2.75) is 4.90 Å². The van der Waals surface area contributed by atoms with E-state index < -0.39 is 0 Å². The van der Waals surface area contributed by atoms with Gasteiger partial charge < -0.3 is 10.1 Å². The van der Waals surface area contributed by atoms with E-state index in [1.54, 1.807) is 11.8 Å². The van der Waals surface area contributed by atoms with Crippen LogP contribution >= 0.6 is 11.8 Å². The maximum atomic E-state index is 5.63. The quantitative estimate of drug-likeness (QED) is 0.628.